The molecule has 0 aliphatic heterocycles. The average molecular weight is 690 g/mol. The minimum Gasteiger partial charge on any atom is -0.309 e. The lowest BCUT2D eigenvalue weighted by atomic mass is 9.70. The van der Waals surface area contributed by atoms with Crippen molar-refractivity contribution in [2.45, 2.75) is 31.6 Å². The molecule has 0 amide bonds. The van der Waals surface area contributed by atoms with E-state index in [1.165, 1.54) is 101 Å². The number of nitrogens with zero attached hydrogens (tertiary/aromatic N) is 1. The minimum atomic E-state index is -0.420. The molecule has 0 N–H and O–H groups in total. The Labute approximate surface area is 317 Å². The summed E-state index contributed by atoms with van der Waals surface area (Å²) in [6.45, 7) is 7.03. The second-order valence-corrected chi connectivity index (χ2v) is 15.7. The summed E-state index contributed by atoms with van der Waals surface area (Å²) >= 11 is 0. The Balaban J connectivity index is 1.25. The maximum absolute atomic E-state index is 2.58. The molecule has 0 saturated carbocycles. The molecule has 1 spiro atoms. The van der Waals surface area contributed by atoms with Crippen molar-refractivity contribution in [1.82, 2.24) is 0 Å². The van der Waals surface area contributed by atoms with Crippen LogP contribution in [0.4, 0.5) is 17.1 Å². The molecule has 0 saturated heterocycles. The van der Waals surface area contributed by atoms with Crippen molar-refractivity contribution in [3.63, 3.8) is 0 Å². The summed E-state index contributed by atoms with van der Waals surface area (Å²) < 4.78 is 0. The van der Waals surface area contributed by atoms with Crippen molar-refractivity contribution in [1.29, 1.82) is 0 Å². The Kier molecular flexibility index (Phi) is 6.50. The van der Waals surface area contributed by atoms with Gasteiger partial charge in [-0.2, -0.15) is 0 Å². The molecule has 54 heavy (non-hydrogen) atoms. The van der Waals surface area contributed by atoms with Crippen LogP contribution >= 0.6 is 0 Å². The molecule has 11 rings (SSSR count). The van der Waals surface area contributed by atoms with Crippen LogP contribution in [0.3, 0.4) is 0 Å². The van der Waals surface area contributed by atoms with Gasteiger partial charge in [-0.05, 0) is 97.4 Å². The fourth-order valence-electron chi connectivity index (χ4n) is 10.3. The molecule has 0 unspecified atom stereocenters. The van der Waals surface area contributed by atoms with Crippen molar-refractivity contribution < 1.29 is 0 Å². The van der Waals surface area contributed by atoms with Crippen LogP contribution in [-0.4, -0.2) is 0 Å². The molecule has 0 bridgehead atoms. The first-order chi connectivity index (χ1) is 26.5. The van der Waals surface area contributed by atoms with Gasteiger partial charge < -0.3 is 4.90 Å². The quantitative estimate of drug-likeness (QED) is 0.178. The van der Waals surface area contributed by atoms with Crippen molar-refractivity contribution in [3.05, 3.63) is 221 Å². The van der Waals surface area contributed by atoms with Crippen LogP contribution < -0.4 is 4.90 Å². The molecule has 3 aliphatic carbocycles. The standard InChI is InChI=1S/C53H39N/c1-34-17-15-24-37(35-18-5-4-6-19-35)51(34)54(36-31-32-41-38-20-7-11-25-43(38)52(2,3)48(41)33-36)49-30-16-29-47-50(49)42-23-10-14-28-46(42)53(47)44-26-12-8-21-39(44)40-22-9-13-27-45(40)53/h4-33H,1-3H3. The molecule has 0 heterocycles. The third-order valence-corrected chi connectivity index (χ3v) is 12.6. The monoisotopic (exact) mass is 689 g/mol. The number of anilines is 3. The summed E-state index contributed by atoms with van der Waals surface area (Å²) in [7, 11) is 0. The highest BCUT2D eigenvalue weighted by molar-refractivity contribution is 6.03. The maximum atomic E-state index is 2.58. The number of para-hydroxylation sites is 1. The van der Waals surface area contributed by atoms with Gasteiger partial charge in [-0.15, -0.1) is 0 Å². The van der Waals surface area contributed by atoms with Crippen LogP contribution in [0.1, 0.15) is 52.8 Å². The lowest BCUT2D eigenvalue weighted by molar-refractivity contribution is 0.660. The first-order valence-corrected chi connectivity index (χ1v) is 19.1. The molecule has 256 valence electrons. The number of hydrogen-bond donors (Lipinski definition) is 0. The maximum Gasteiger partial charge on any atom is 0.0726 e. The van der Waals surface area contributed by atoms with Gasteiger partial charge in [0.05, 0.1) is 16.8 Å². The summed E-state index contributed by atoms with van der Waals surface area (Å²) in [6, 6.07) is 68.2. The molecule has 1 heteroatoms. The largest absolute Gasteiger partial charge is 0.309 e. The highest BCUT2D eigenvalue weighted by Gasteiger charge is 2.52. The lowest BCUT2D eigenvalue weighted by Crippen LogP contribution is -2.26. The van der Waals surface area contributed by atoms with E-state index in [0.717, 1.165) is 0 Å². The Morgan fingerprint density at radius 1 is 0.389 bits per heavy atom. The van der Waals surface area contributed by atoms with Crippen molar-refractivity contribution >= 4 is 17.1 Å². The van der Waals surface area contributed by atoms with E-state index in [1.54, 1.807) is 0 Å². The highest BCUT2D eigenvalue weighted by atomic mass is 15.2. The summed E-state index contributed by atoms with van der Waals surface area (Å²) in [5, 5.41) is 0. The van der Waals surface area contributed by atoms with E-state index in [4.69, 9.17) is 0 Å². The predicted octanol–water partition coefficient (Wildman–Crippen LogP) is 13.8. The van der Waals surface area contributed by atoms with E-state index in [-0.39, 0.29) is 5.41 Å². The first kappa shape index (κ1) is 31.1. The summed E-state index contributed by atoms with van der Waals surface area (Å²) in [6.07, 6.45) is 0. The van der Waals surface area contributed by atoms with Gasteiger partial charge in [0.25, 0.3) is 0 Å². The number of benzene rings is 8. The fourth-order valence-corrected chi connectivity index (χ4v) is 10.3. The van der Waals surface area contributed by atoms with Crippen molar-refractivity contribution in [3.8, 4) is 44.5 Å². The van der Waals surface area contributed by atoms with Gasteiger partial charge in [0, 0.05) is 22.2 Å². The van der Waals surface area contributed by atoms with E-state index in [0.29, 0.717) is 0 Å². The number of aryl methyl sites for hydroxylation is 1. The van der Waals surface area contributed by atoms with Crippen LogP contribution in [0, 0.1) is 6.92 Å². The molecule has 8 aromatic carbocycles. The second-order valence-electron chi connectivity index (χ2n) is 15.7. The minimum absolute atomic E-state index is 0.131. The third-order valence-electron chi connectivity index (χ3n) is 12.6. The van der Waals surface area contributed by atoms with Gasteiger partial charge in [-0.1, -0.05) is 178 Å². The normalized spacial score (nSPS) is 14.5. The molecule has 0 aromatic heterocycles. The molecule has 0 atom stereocenters. The SMILES string of the molecule is Cc1cccc(-c2ccccc2)c1N(c1ccc2c(c1)C(C)(C)c1ccccc1-2)c1cccc2c1-c1ccccc1C21c2ccccc2-c2ccccc21. The molecular weight excluding hydrogens is 651 g/mol. The predicted molar refractivity (Wildman–Crippen MR) is 225 cm³/mol. The van der Waals surface area contributed by atoms with Gasteiger partial charge in [-0.25, -0.2) is 0 Å². The van der Waals surface area contributed by atoms with E-state index in [2.05, 4.69) is 208 Å². The molecule has 8 aromatic rings. The zero-order valence-electron chi connectivity index (χ0n) is 30.8. The van der Waals surface area contributed by atoms with Crippen LogP contribution in [0.15, 0.2) is 182 Å². The first-order valence-electron chi connectivity index (χ1n) is 19.1. The second kappa shape index (κ2) is 11.3. The molecular formula is C53H39N. The van der Waals surface area contributed by atoms with Gasteiger partial charge in [0.15, 0.2) is 0 Å². The summed E-state index contributed by atoms with van der Waals surface area (Å²) in [5.41, 5.74) is 22.7. The Bertz CT molecular complexity index is 2780. The Morgan fingerprint density at radius 2 is 0.889 bits per heavy atom. The smallest absolute Gasteiger partial charge is 0.0726 e. The molecule has 0 radical (unpaired) electrons. The van der Waals surface area contributed by atoms with Crippen LogP contribution in [0.25, 0.3) is 44.5 Å². The van der Waals surface area contributed by atoms with Gasteiger partial charge in [0.1, 0.15) is 0 Å². The van der Waals surface area contributed by atoms with E-state index < -0.39 is 5.41 Å². The number of rotatable bonds is 4. The van der Waals surface area contributed by atoms with Crippen LogP contribution in [-0.2, 0) is 10.8 Å². The van der Waals surface area contributed by atoms with Gasteiger partial charge >= 0.3 is 0 Å². The fraction of sp³-hybridized carbons (Fsp3) is 0.0943. The van der Waals surface area contributed by atoms with Crippen LogP contribution in [0.5, 0.6) is 0 Å². The molecule has 3 aliphatic rings. The van der Waals surface area contributed by atoms with Crippen LogP contribution in [0.2, 0.25) is 0 Å². The van der Waals surface area contributed by atoms with Gasteiger partial charge in [0.2, 0.25) is 0 Å². The Hall–Kier alpha value is -6.44. The van der Waals surface area contributed by atoms with E-state index in [9.17, 15) is 0 Å². The zero-order valence-corrected chi connectivity index (χ0v) is 30.8. The summed E-state index contributed by atoms with van der Waals surface area (Å²) in [4.78, 5) is 2.58. The number of fused-ring (bicyclic) bond motifs is 13. The van der Waals surface area contributed by atoms with Crippen molar-refractivity contribution in [2.75, 3.05) is 4.90 Å². The average Bonchev–Trinajstić information content (AvgIpc) is 3.78. The topological polar surface area (TPSA) is 3.24 Å². The highest BCUT2D eigenvalue weighted by Crippen LogP contribution is 2.65. The van der Waals surface area contributed by atoms with Gasteiger partial charge in [-0.3, -0.25) is 0 Å². The molecule has 0 fully saturated rings. The van der Waals surface area contributed by atoms with E-state index in [1.807, 2.05) is 0 Å². The zero-order chi connectivity index (χ0) is 36.2. The lowest BCUT2D eigenvalue weighted by Gasteiger charge is -2.33. The van der Waals surface area contributed by atoms with E-state index >= 15 is 0 Å². The molecule has 1 nitrogen and oxygen atoms in total. The summed E-state index contributed by atoms with van der Waals surface area (Å²) in [5.74, 6) is 0. The number of hydrogen-bond acceptors (Lipinski definition) is 1. The third kappa shape index (κ3) is 3.99. The Morgan fingerprint density at radius 3 is 1.57 bits per heavy atom. The van der Waals surface area contributed by atoms with Crippen molar-refractivity contribution in [2.24, 2.45) is 0 Å².